The lowest BCUT2D eigenvalue weighted by Gasteiger charge is -2.23. The molecule has 0 atom stereocenters. The van der Waals surface area contributed by atoms with E-state index >= 15 is 0 Å². The van der Waals surface area contributed by atoms with Gasteiger partial charge in [-0.1, -0.05) is 12.1 Å². The normalized spacial score (nSPS) is 15.1. The molecule has 1 aliphatic rings. The SMILES string of the molecule is CNC(=S)Nc1ccccc1OCC1CCNCC1.Cl. The van der Waals surface area contributed by atoms with E-state index in [4.69, 9.17) is 17.0 Å². The number of nitrogens with one attached hydrogen (secondary N) is 3. The fourth-order valence-corrected chi connectivity index (χ4v) is 2.25. The highest BCUT2D eigenvalue weighted by molar-refractivity contribution is 7.80. The molecule has 1 heterocycles. The quantitative estimate of drug-likeness (QED) is 0.745. The highest BCUT2D eigenvalue weighted by Crippen LogP contribution is 2.25. The zero-order valence-corrected chi connectivity index (χ0v) is 13.3. The Morgan fingerprint density at radius 2 is 2.05 bits per heavy atom. The van der Waals surface area contributed by atoms with Gasteiger partial charge in [-0.3, -0.25) is 0 Å². The summed E-state index contributed by atoms with van der Waals surface area (Å²) >= 11 is 5.12. The van der Waals surface area contributed by atoms with Crippen molar-refractivity contribution in [3.8, 4) is 5.75 Å². The molecule has 0 unspecified atom stereocenters. The van der Waals surface area contributed by atoms with Crippen LogP contribution >= 0.6 is 24.6 Å². The van der Waals surface area contributed by atoms with Gasteiger partial charge in [0.1, 0.15) is 5.75 Å². The number of rotatable bonds is 4. The van der Waals surface area contributed by atoms with Crippen molar-refractivity contribution in [1.29, 1.82) is 0 Å². The maximum absolute atomic E-state index is 5.94. The Bertz CT molecular complexity index is 425. The Balaban J connectivity index is 0.00000200. The van der Waals surface area contributed by atoms with Gasteiger partial charge in [-0.05, 0) is 56.2 Å². The molecule has 0 amide bonds. The first-order valence-corrected chi connectivity index (χ1v) is 7.11. The second-order valence-electron chi connectivity index (χ2n) is 4.70. The summed E-state index contributed by atoms with van der Waals surface area (Å²) in [5.41, 5.74) is 0.913. The molecule has 1 fully saturated rings. The van der Waals surface area contributed by atoms with Gasteiger partial charge in [-0.25, -0.2) is 0 Å². The zero-order chi connectivity index (χ0) is 13.5. The van der Waals surface area contributed by atoms with E-state index in [1.807, 2.05) is 24.3 Å². The molecule has 0 saturated carbocycles. The minimum Gasteiger partial charge on any atom is -0.491 e. The molecule has 20 heavy (non-hydrogen) atoms. The van der Waals surface area contributed by atoms with E-state index in [1.54, 1.807) is 7.05 Å². The summed E-state index contributed by atoms with van der Waals surface area (Å²) in [6.07, 6.45) is 2.37. The summed E-state index contributed by atoms with van der Waals surface area (Å²) in [5, 5.41) is 9.99. The summed E-state index contributed by atoms with van der Waals surface area (Å²) in [5.74, 6) is 1.50. The molecular weight excluding hydrogens is 294 g/mol. The highest BCUT2D eigenvalue weighted by Gasteiger charge is 2.14. The third kappa shape index (κ3) is 5.15. The fourth-order valence-electron chi connectivity index (χ4n) is 2.14. The molecule has 6 heteroatoms. The van der Waals surface area contributed by atoms with Crippen LogP contribution in [0.15, 0.2) is 24.3 Å². The van der Waals surface area contributed by atoms with Crippen molar-refractivity contribution in [1.82, 2.24) is 10.6 Å². The van der Waals surface area contributed by atoms with E-state index in [9.17, 15) is 0 Å². The topological polar surface area (TPSA) is 45.3 Å². The summed E-state index contributed by atoms with van der Waals surface area (Å²) in [6, 6.07) is 7.90. The van der Waals surface area contributed by atoms with Gasteiger partial charge in [0.25, 0.3) is 0 Å². The molecule has 0 bridgehead atoms. The molecule has 0 aliphatic carbocycles. The number of piperidine rings is 1. The van der Waals surface area contributed by atoms with Crippen LogP contribution in [0.3, 0.4) is 0 Å². The predicted molar refractivity (Wildman–Crippen MR) is 90.1 cm³/mol. The highest BCUT2D eigenvalue weighted by atomic mass is 35.5. The summed E-state index contributed by atoms with van der Waals surface area (Å²) < 4.78 is 5.94. The third-order valence-electron chi connectivity index (χ3n) is 3.30. The van der Waals surface area contributed by atoms with Crippen molar-refractivity contribution in [3.63, 3.8) is 0 Å². The van der Waals surface area contributed by atoms with Crippen molar-refractivity contribution in [2.75, 3.05) is 32.1 Å². The van der Waals surface area contributed by atoms with Crippen LogP contribution in [-0.4, -0.2) is 31.9 Å². The average molecular weight is 316 g/mol. The fraction of sp³-hybridized carbons (Fsp3) is 0.500. The van der Waals surface area contributed by atoms with Crippen molar-refractivity contribution in [2.24, 2.45) is 5.92 Å². The van der Waals surface area contributed by atoms with Crippen molar-refractivity contribution in [2.45, 2.75) is 12.8 Å². The molecule has 3 N–H and O–H groups in total. The Hall–Kier alpha value is -1.04. The van der Waals surface area contributed by atoms with E-state index in [1.165, 1.54) is 12.8 Å². The second kappa shape index (κ2) is 9.00. The van der Waals surface area contributed by atoms with Gasteiger partial charge < -0.3 is 20.7 Å². The standard InChI is InChI=1S/C14H21N3OS.ClH/c1-15-14(19)17-12-4-2-3-5-13(12)18-10-11-6-8-16-9-7-11;/h2-5,11,16H,6-10H2,1H3,(H2,15,17,19);1H. The van der Waals surface area contributed by atoms with Crippen LogP contribution in [0.4, 0.5) is 5.69 Å². The van der Waals surface area contributed by atoms with Crippen molar-refractivity contribution < 1.29 is 4.74 Å². The van der Waals surface area contributed by atoms with E-state index in [-0.39, 0.29) is 12.4 Å². The number of hydrogen-bond acceptors (Lipinski definition) is 3. The predicted octanol–water partition coefficient (Wildman–Crippen LogP) is 2.40. The molecule has 2 rings (SSSR count). The molecule has 0 spiro atoms. The van der Waals surface area contributed by atoms with Crippen LogP contribution in [0.1, 0.15) is 12.8 Å². The number of anilines is 1. The molecule has 4 nitrogen and oxygen atoms in total. The van der Waals surface area contributed by atoms with Gasteiger partial charge in [0.05, 0.1) is 12.3 Å². The molecule has 1 aromatic carbocycles. The summed E-state index contributed by atoms with van der Waals surface area (Å²) in [7, 11) is 1.80. The van der Waals surface area contributed by atoms with Gasteiger partial charge in [-0.2, -0.15) is 0 Å². The lowest BCUT2D eigenvalue weighted by Crippen LogP contribution is -2.30. The Labute approximate surface area is 132 Å². The van der Waals surface area contributed by atoms with Gasteiger partial charge in [0, 0.05) is 7.05 Å². The summed E-state index contributed by atoms with van der Waals surface area (Å²) in [6.45, 7) is 2.96. The van der Waals surface area contributed by atoms with Crippen LogP contribution in [0.2, 0.25) is 0 Å². The van der Waals surface area contributed by atoms with E-state index < -0.39 is 0 Å². The number of thiocarbonyl (C=S) groups is 1. The molecule has 112 valence electrons. The summed E-state index contributed by atoms with van der Waals surface area (Å²) in [4.78, 5) is 0. The Morgan fingerprint density at radius 3 is 2.75 bits per heavy atom. The molecule has 0 radical (unpaired) electrons. The number of halogens is 1. The number of para-hydroxylation sites is 2. The van der Waals surface area contributed by atoms with Crippen LogP contribution in [-0.2, 0) is 0 Å². The zero-order valence-electron chi connectivity index (χ0n) is 11.6. The van der Waals surface area contributed by atoms with E-state index in [0.29, 0.717) is 11.0 Å². The lowest BCUT2D eigenvalue weighted by molar-refractivity contribution is 0.216. The number of hydrogen-bond donors (Lipinski definition) is 3. The van der Waals surface area contributed by atoms with Crippen molar-refractivity contribution >= 4 is 35.4 Å². The second-order valence-corrected chi connectivity index (χ2v) is 5.11. The number of benzene rings is 1. The van der Waals surface area contributed by atoms with Gasteiger partial charge >= 0.3 is 0 Å². The molecule has 1 saturated heterocycles. The van der Waals surface area contributed by atoms with Crippen LogP contribution in [0.25, 0.3) is 0 Å². The van der Waals surface area contributed by atoms with Crippen LogP contribution in [0, 0.1) is 5.92 Å². The molecule has 0 aromatic heterocycles. The number of ether oxygens (including phenoxy) is 1. The molecule has 1 aromatic rings. The Kier molecular flexibility index (Phi) is 7.65. The first-order valence-electron chi connectivity index (χ1n) is 6.71. The van der Waals surface area contributed by atoms with Gasteiger partial charge in [-0.15, -0.1) is 12.4 Å². The largest absolute Gasteiger partial charge is 0.491 e. The molecular formula is C14H22ClN3OS. The maximum Gasteiger partial charge on any atom is 0.170 e. The maximum atomic E-state index is 5.94. The lowest BCUT2D eigenvalue weighted by atomic mass is 9.99. The monoisotopic (exact) mass is 315 g/mol. The minimum atomic E-state index is 0. The molecule has 1 aliphatic heterocycles. The Morgan fingerprint density at radius 1 is 1.35 bits per heavy atom. The van der Waals surface area contributed by atoms with Gasteiger partial charge in [0.2, 0.25) is 0 Å². The van der Waals surface area contributed by atoms with E-state index in [2.05, 4.69) is 16.0 Å². The first-order chi connectivity index (χ1) is 9.29. The smallest absolute Gasteiger partial charge is 0.170 e. The van der Waals surface area contributed by atoms with Crippen molar-refractivity contribution in [3.05, 3.63) is 24.3 Å². The third-order valence-corrected chi connectivity index (χ3v) is 3.60. The van der Waals surface area contributed by atoms with E-state index in [0.717, 1.165) is 31.1 Å². The van der Waals surface area contributed by atoms with Crippen LogP contribution in [0.5, 0.6) is 5.75 Å². The van der Waals surface area contributed by atoms with Crippen LogP contribution < -0.4 is 20.7 Å². The van der Waals surface area contributed by atoms with Gasteiger partial charge in [0.15, 0.2) is 5.11 Å². The minimum absolute atomic E-state index is 0. The first kappa shape index (κ1) is 17.0. The average Bonchev–Trinajstić information content (AvgIpc) is 2.47.